The molecular weight excluding hydrogens is 280 g/mol. The van der Waals surface area contributed by atoms with Crippen molar-refractivity contribution in [2.24, 2.45) is 4.99 Å². The predicted octanol–water partition coefficient (Wildman–Crippen LogP) is 2.21. The maximum absolute atomic E-state index is 11.9. The van der Waals surface area contributed by atoms with Gasteiger partial charge in [-0.15, -0.1) is 11.3 Å². The van der Waals surface area contributed by atoms with Crippen molar-refractivity contribution < 1.29 is 4.79 Å². The Bertz CT molecular complexity index is 814. The smallest absolute Gasteiger partial charge is 0.266 e. The van der Waals surface area contributed by atoms with Gasteiger partial charge in [-0.3, -0.25) is 4.79 Å². The van der Waals surface area contributed by atoms with E-state index >= 15 is 0 Å². The first kappa shape index (κ1) is 12.2. The van der Waals surface area contributed by atoms with Crippen molar-refractivity contribution in [3.05, 3.63) is 44.6 Å². The molecule has 5 nitrogen and oxygen atoms in total. The monoisotopic (exact) mass is 290 g/mol. The van der Waals surface area contributed by atoms with Crippen LogP contribution in [0.3, 0.4) is 0 Å². The number of thiophene rings is 1. The molecule has 0 aliphatic rings. The van der Waals surface area contributed by atoms with Gasteiger partial charge in [0.15, 0.2) is 0 Å². The summed E-state index contributed by atoms with van der Waals surface area (Å²) >= 11 is 2.69. The average Bonchev–Trinajstić information content (AvgIpc) is 2.96. The summed E-state index contributed by atoms with van der Waals surface area (Å²) in [5, 5.41) is 1.85. The normalized spacial score (nSPS) is 12.2. The van der Waals surface area contributed by atoms with Gasteiger partial charge in [0, 0.05) is 11.4 Å². The molecule has 0 saturated carbocycles. The van der Waals surface area contributed by atoms with Gasteiger partial charge in [-0.05, 0) is 42.9 Å². The Morgan fingerprint density at radius 3 is 2.95 bits per heavy atom. The zero-order chi connectivity index (χ0) is 13.4. The molecule has 0 saturated heterocycles. The van der Waals surface area contributed by atoms with E-state index in [-0.39, 0.29) is 5.91 Å². The van der Waals surface area contributed by atoms with Crippen LogP contribution in [-0.2, 0) is 0 Å². The van der Waals surface area contributed by atoms with E-state index in [0.717, 1.165) is 11.4 Å². The highest BCUT2D eigenvalue weighted by Gasteiger charge is 2.07. The highest BCUT2D eigenvalue weighted by atomic mass is 32.1. The summed E-state index contributed by atoms with van der Waals surface area (Å²) in [6.07, 6.45) is 0. The lowest BCUT2D eigenvalue weighted by Crippen LogP contribution is -2.03. The van der Waals surface area contributed by atoms with Crippen LogP contribution in [0.4, 0.5) is 0 Å². The molecule has 0 spiro atoms. The molecule has 3 rings (SSSR count). The number of carbonyl (C=O) groups is 1. The van der Waals surface area contributed by atoms with E-state index in [4.69, 9.17) is 0 Å². The summed E-state index contributed by atoms with van der Waals surface area (Å²) in [7, 11) is 0. The van der Waals surface area contributed by atoms with E-state index in [2.05, 4.69) is 15.0 Å². The van der Waals surface area contributed by atoms with Crippen LogP contribution in [0.15, 0.2) is 28.6 Å². The molecule has 0 unspecified atom stereocenters. The molecule has 0 aliphatic heterocycles. The fourth-order valence-electron chi connectivity index (χ4n) is 1.71. The van der Waals surface area contributed by atoms with Gasteiger partial charge in [-0.1, -0.05) is 6.07 Å². The number of nitrogens with zero attached hydrogens (tertiary/aromatic N) is 4. The lowest BCUT2D eigenvalue weighted by Gasteiger charge is -1.97. The van der Waals surface area contributed by atoms with Crippen LogP contribution < -0.4 is 4.80 Å². The van der Waals surface area contributed by atoms with Gasteiger partial charge >= 0.3 is 0 Å². The molecule has 0 bridgehead atoms. The van der Waals surface area contributed by atoms with Crippen molar-refractivity contribution in [1.29, 1.82) is 0 Å². The van der Waals surface area contributed by atoms with Crippen molar-refractivity contribution in [2.75, 3.05) is 0 Å². The van der Waals surface area contributed by atoms with Gasteiger partial charge in [0.05, 0.1) is 4.88 Å². The first-order valence-electron chi connectivity index (χ1n) is 5.60. The number of carbonyl (C=O) groups excluding carboxylic acids is 1. The summed E-state index contributed by atoms with van der Waals surface area (Å²) in [4.78, 5) is 25.6. The molecule has 3 aromatic rings. The zero-order valence-corrected chi connectivity index (χ0v) is 12.0. The molecule has 0 fully saturated rings. The largest absolute Gasteiger partial charge is 0.289 e. The maximum Gasteiger partial charge on any atom is 0.289 e. The van der Waals surface area contributed by atoms with Gasteiger partial charge in [0.2, 0.25) is 10.6 Å². The van der Waals surface area contributed by atoms with Crippen molar-refractivity contribution in [2.45, 2.75) is 13.8 Å². The zero-order valence-electron chi connectivity index (χ0n) is 10.3. The van der Waals surface area contributed by atoms with Gasteiger partial charge in [0.1, 0.15) is 0 Å². The molecule has 0 atom stereocenters. The fraction of sp³-hybridized carbons (Fsp3) is 0.167. The van der Waals surface area contributed by atoms with Crippen molar-refractivity contribution in [3.8, 4) is 0 Å². The Kier molecular flexibility index (Phi) is 3.00. The number of amides is 1. The maximum atomic E-state index is 11.9. The average molecular weight is 290 g/mol. The third kappa shape index (κ3) is 2.34. The second kappa shape index (κ2) is 4.67. The predicted molar refractivity (Wildman–Crippen MR) is 74.6 cm³/mol. The molecule has 0 radical (unpaired) electrons. The number of aryl methyl sites for hydroxylation is 2. The Balaban J connectivity index is 2.11. The van der Waals surface area contributed by atoms with E-state index in [1.54, 1.807) is 6.07 Å². The number of hydrogen-bond acceptors (Lipinski definition) is 5. The van der Waals surface area contributed by atoms with Crippen LogP contribution in [0.5, 0.6) is 0 Å². The summed E-state index contributed by atoms with van der Waals surface area (Å²) in [5.74, 6) is 0.323. The second-order valence-electron chi connectivity index (χ2n) is 4.01. The van der Waals surface area contributed by atoms with E-state index < -0.39 is 0 Å². The number of aromatic nitrogens is 3. The third-order valence-corrected chi connectivity index (χ3v) is 4.33. The lowest BCUT2D eigenvalue weighted by atomic mass is 10.4. The molecule has 19 heavy (non-hydrogen) atoms. The molecule has 3 heterocycles. The standard InChI is InChI=1S/C12H10N4OS2/c1-7-6-8(2)16-11(13-7)15-12(19-16)14-10(17)9-4-3-5-18-9/h3-6H,1-2H3. The molecule has 1 amide bonds. The van der Waals surface area contributed by atoms with E-state index in [1.165, 1.54) is 22.9 Å². The Morgan fingerprint density at radius 2 is 2.21 bits per heavy atom. The summed E-state index contributed by atoms with van der Waals surface area (Å²) in [5.41, 5.74) is 1.93. The quantitative estimate of drug-likeness (QED) is 0.690. The van der Waals surface area contributed by atoms with Crippen LogP contribution in [0, 0.1) is 13.8 Å². The highest BCUT2D eigenvalue weighted by molar-refractivity contribution is 7.12. The Hall–Kier alpha value is -1.86. The lowest BCUT2D eigenvalue weighted by molar-refractivity contribution is 0.100. The van der Waals surface area contributed by atoms with Gasteiger partial charge < -0.3 is 0 Å². The van der Waals surface area contributed by atoms with Crippen molar-refractivity contribution >= 4 is 34.6 Å². The second-order valence-corrected chi connectivity index (χ2v) is 5.87. The minimum atomic E-state index is -0.260. The minimum Gasteiger partial charge on any atom is -0.266 e. The number of fused-ring (bicyclic) bond motifs is 1. The fourth-order valence-corrected chi connectivity index (χ4v) is 3.09. The molecule has 0 aliphatic carbocycles. The first-order valence-corrected chi connectivity index (χ1v) is 7.26. The van der Waals surface area contributed by atoms with Gasteiger partial charge in [0.25, 0.3) is 5.91 Å². The van der Waals surface area contributed by atoms with Crippen LogP contribution in [0.2, 0.25) is 0 Å². The molecule has 3 aromatic heterocycles. The molecule has 7 heteroatoms. The van der Waals surface area contributed by atoms with Crippen LogP contribution in [0.25, 0.3) is 5.78 Å². The third-order valence-electron chi connectivity index (χ3n) is 2.49. The number of hydrogen-bond donors (Lipinski definition) is 0. The molecular formula is C12H10N4OS2. The summed E-state index contributed by atoms with van der Waals surface area (Å²) < 4.78 is 1.87. The van der Waals surface area contributed by atoms with Crippen LogP contribution in [-0.4, -0.2) is 19.7 Å². The van der Waals surface area contributed by atoms with E-state index in [1.807, 2.05) is 35.2 Å². The van der Waals surface area contributed by atoms with Gasteiger partial charge in [-0.2, -0.15) is 9.98 Å². The van der Waals surface area contributed by atoms with Crippen LogP contribution >= 0.6 is 22.9 Å². The topological polar surface area (TPSA) is 59.6 Å². The highest BCUT2D eigenvalue weighted by Crippen LogP contribution is 2.10. The number of rotatable bonds is 1. The van der Waals surface area contributed by atoms with E-state index in [9.17, 15) is 4.79 Å². The molecule has 0 aromatic carbocycles. The van der Waals surface area contributed by atoms with Crippen LogP contribution in [0.1, 0.15) is 21.1 Å². The van der Waals surface area contributed by atoms with E-state index in [0.29, 0.717) is 15.5 Å². The molecule has 96 valence electrons. The Labute approximate surface area is 117 Å². The first-order chi connectivity index (χ1) is 9.13. The minimum absolute atomic E-state index is 0.260. The van der Waals surface area contributed by atoms with Crippen molar-refractivity contribution in [3.63, 3.8) is 0 Å². The Morgan fingerprint density at radius 1 is 1.37 bits per heavy atom. The van der Waals surface area contributed by atoms with Gasteiger partial charge in [-0.25, -0.2) is 8.77 Å². The molecule has 0 N–H and O–H groups in total. The summed E-state index contributed by atoms with van der Waals surface area (Å²) in [6.45, 7) is 3.89. The van der Waals surface area contributed by atoms with Crippen molar-refractivity contribution in [1.82, 2.24) is 13.8 Å². The SMILES string of the molecule is Cc1cc(C)n2sc(=NC(=O)c3cccs3)nc2n1. The summed E-state index contributed by atoms with van der Waals surface area (Å²) in [6, 6.07) is 5.55.